The maximum absolute atomic E-state index is 9.22. The lowest BCUT2D eigenvalue weighted by Gasteiger charge is -2.20. The van der Waals surface area contributed by atoms with Crippen molar-refractivity contribution in [3.8, 4) is 0 Å². The largest absolute Gasteiger partial charge is 0.396 e. The van der Waals surface area contributed by atoms with E-state index >= 15 is 0 Å². The Labute approximate surface area is 126 Å². The number of hydrogen-bond donors (Lipinski definition) is 3. The van der Waals surface area contributed by atoms with Crippen molar-refractivity contribution in [3.63, 3.8) is 0 Å². The second kappa shape index (κ2) is 11.7. The number of ether oxygens (including phenoxy) is 3. The number of hydrogen-bond acceptors (Lipinski definition) is 6. The summed E-state index contributed by atoms with van der Waals surface area (Å²) in [4.78, 5) is 0. The molecule has 122 valence electrons. The first kappa shape index (κ1) is 18.1. The number of aliphatic hydroxyl groups excluding tert-OH is 2. The van der Waals surface area contributed by atoms with E-state index in [1.54, 1.807) is 7.11 Å². The number of methoxy groups -OCH3 is 1. The fourth-order valence-electron chi connectivity index (χ4n) is 2.05. The highest BCUT2D eigenvalue weighted by molar-refractivity contribution is 5.28. The van der Waals surface area contributed by atoms with Crippen LogP contribution < -0.4 is 5.32 Å². The van der Waals surface area contributed by atoms with Gasteiger partial charge in [-0.3, -0.25) is 0 Å². The molecule has 6 nitrogen and oxygen atoms in total. The predicted octanol–water partition coefficient (Wildman–Crippen LogP) is 0.0704. The molecule has 0 aromatic carbocycles. The lowest BCUT2D eigenvalue weighted by molar-refractivity contribution is 0.0259. The molecular formula is C15H27NO5. The van der Waals surface area contributed by atoms with Crippen molar-refractivity contribution in [2.24, 2.45) is 5.92 Å². The molecule has 0 bridgehead atoms. The molecule has 0 radical (unpaired) electrons. The molecule has 0 spiro atoms. The van der Waals surface area contributed by atoms with Crippen molar-refractivity contribution in [1.29, 1.82) is 0 Å². The summed E-state index contributed by atoms with van der Waals surface area (Å²) in [5.41, 5.74) is 1.87. The van der Waals surface area contributed by atoms with E-state index in [9.17, 15) is 10.2 Å². The van der Waals surface area contributed by atoms with E-state index < -0.39 is 0 Å². The van der Waals surface area contributed by atoms with Crippen molar-refractivity contribution < 1.29 is 24.4 Å². The van der Waals surface area contributed by atoms with Gasteiger partial charge in [0.2, 0.25) is 0 Å². The van der Waals surface area contributed by atoms with Gasteiger partial charge < -0.3 is 29.7 Å². The van der Waals surface area contributed by atoms with Gasteiger partial charge in [0.05, 0.1) is 39.6 Å². The van der Waals surface area contributed by atoms with Crippen LogP contribution in [-0.4, -0.2) is 70.1 Å². The highest BCUT2D eigenvalue weighted by Gasteiger charge is 2.13. The molecule has 3 N–H and O–H groups in total. The van der Waals surface area contributed by atoms with Crippen molar-refractivity contribution in [1.82, 2.24) is 5.32 Å². The normalized spacial score (nSPS) is 18.3. The lowest BCUT2D eigenvalue weighted by atomic mass is 9.94. The highest BCUT2D eigenvalue weighted by Crippen LogP contribution is 2.20. The maximum atomic E-state index is 9.22. The zero-order chi connectivity index (χ0) is 15.3. The summed E-state index contributed by atoms with van der Waals surface area (Å²) in [6.45, 7) is 3.69. The molecule has 21 heavy (non-hydrogen) atoms. The van der Waals surface area contributed by atoms with Gasteiger partial charge >= 0.3 is 0 Å². The fourth-order valence-corrected chi connectivity index (χ4v) is 2.05. The van der Waals surface area contributed by atoms with Crippen LogP contribution in [0.5, 0.6) is 0 Å². The van der Waals surface area contributed by atoms with E-state index in [4.69, 9.17) is 14.2 Å². The molecule has 0 amide bonds. The number of allylic oxidation sites excluding steroid dienone is 1. The van der Waals surface area contributed by atoms with Crippen LogP contribution >= 0.6 is 0 Å². The SMILES string of the molecule is COCCOCCOCCNC1=C[C@@H](CO)CC(CO)=C1. The summed E-state index contributed by atoms with van der Waals surface area (Å²) in [5, 5.41) is 21.7. The van der Waals surface area contributed by atoms with Crippen LogP contribution in [0.25, 0.3) is 0 Å². The Bertz CT molecular complexity index is 330. The van der Waals surface area contributed by atoms with Crippen LogP contribution in [0.1, 0.15) is 6.42 Å². The van der Waals surface area contributed by atoms with E-state index in [0.29, 0.717) is 46.0 Å². The first-order valence-corrected chi connectivity index (χ1v) is 7.31. The van der Waals surface area contributed by atoms with Crippen LogP contribution in [-0.2, 0) is 14.2 Å². The van der Waals surface area contributed by atoms with Gasteiger partial charge in [-0.1, -0.05) is 6.08 Å². The second-order valence-corrected chi connectivity index (χ2v) is 4.87. The molecule has 1 aliphatic rings. The molecule has 0 saturated carbocycles. The van der Waals surface area contributed by atoms with E-state index in [1.165, 1.54) is 0 Å². The van der Waals surface area contributed by atoms with Crippen molar-refractivity contribution in [3.05, 3.63) is 23.4 Å². The Morgan fingerprint density at radius 2 is 1.86 bits per heavy atom. The van der Waals surface area contributed by atoms with Crippen LogP contribution in [0.3, 0.4) is 0 Å². The summed E-state index contributed by atoms with van der Waals surface area (Å²) < 4.78 is 15.6. The van der Waals surface area contributed by atoms with Gasteiger partial charge in [-0.05, 0) is 18.1 Å². The Balaban J connectivity index is 2.09. The topological polar surface area (TPSA) is 80.2 Å². The molecule has 1 atom stereocenters. The van der Waals surface area contributed by atoms with Gasteiger partial charge in [0.1, 0.15) is 0 Å². The summed E-state index contributed by atoms with van der Waals surface area (Å²) in [7, 11) is 1.64. The Hall–Kier alpha value is -0.920. The van der Waals surface area contributed by atoms with E-state index in [0.717, 1.165) is 11.3 Å². The van der Waals surface area contributed by atoms with Gasteiger partial charge in [0.25, 0.3) is 0 Å². The molecule has 0 aromatic heterocycles. The minimum atomic E-state index is 0.0326. The van der Waals surface area contributed by atoms with E-state index in [-0.39, 0.29) is 19.1 Å². The average Bonchev–Trinajstić information content (AvgIpc) is 2.52. The van der Waals surface area contributed by atoms with Gasteiger partial charge in [-0.2, -0.15) is 0 Å². The lowest BCUT2D eigenvalue weighted by Crippen LogP contribution is -2.23. The van der Waals surface area contributed by atoms with Gasteiger partial charge in [-0.25, -0.2) is 0 Å². The van der Waals surface area contributed by atoms with Crippen molar-refractivity contribution in [2.45, 2.75) is 6.42 Å². The van der Waals surface area contributed by atoms with E-state index in [2.05, 4.69) is 5.32 Å². The molecule has 1 aliphatic carbocycles. The molecule has 0 saturated heterocycles. The van der Waals surface area contributed by atoms with Gasteiger partial charge in [0.15, 0.2) is 0 Å². The molecule has 0 unspecified atom stereocenters. The highest BCUT2D eigenvalue weighted by atomic mass is 16.5. The van der Waals surface area contributed by atoms with Crippen LogP contribution in [0.4, 0.5) is 0 Å². The number of aliphatic hydroxyl groups is 2. The number of nitrogens with one attached hydrogen (secondary N) is 1. The molecule has 0 aromatic rings. The molecule has 6 heteroatoms. The standard InChI is InChI=1S/C15H27NO5/c1-19-4-5-21-7-6-20-3-2-16-15-9-13(11-17)8-14(10-15)12-18/h9-10,13,16-18H,2-8,11-12H2,1H3/t13-/m0/s1. The first-order valence-electron chi connectivity index (χ1n) is 7.31. The Kier molecular flexibility index (Phi) is 10.1. The van der Waals surface area contributed by atoms with Crippen LogP contribution in [0.15, 0.2) is 23.4 Å². The predicted molar refractivity (Wildman–Crippen MR) is 80.0 cm³/mol. The molecule has 0 aliphatic heterocycles. The average molecular weight is 301 g/mol. The van der Waals surface area contributed by atoms with Crippen LogP contribution in [0, 0.1) is 5.92 Å². The Morgan fingerprint density at radius 3 is 2.52 bits per heavy atom. The van der Waals surface area contributed by atoms with Crippen LogP contribution in [0.2, 0.25) is 0 Å². The first-order chi connectivity index (χ1) is 10.3. The minimum absolute atomic E-state index is 0.0326. The van der Waals surface area contributed by atoms with E-state index in [1.807, 2.05) is 12.2 Å². The third-order valence-electron chi connectivity index (χ3n) is 3.12. The Morgan fingerprint density at radius 1 is 1.14 bits per heavy atom. The summed E-state index contributed by atoms with van der Waals surface area (Å²) in [6, 6.07) is 0. The summed E-state index contributed by atoms with van der Waals surface area (Å²) in [6.07, 6.45) is 4.64. The van der Waals surface area contributed by atoms with Crippen molar-refractivity contribution >= 4 is 0 Å². The summed E-state index contributed by atoms with van der Waals surface area (Å²) in [5.74, 6) is 0.0785. The molecular weight excluding hydrogens is 274 g/mol. The third kappa shape index (κ3) is 8.18. The smallest absolute Gasteiger partial charge is 0.0701 e. The van der Waals surface area contributed by atoms with Crippen molar-refractivity contribution in [2.75, 3.05) is 59.9 Å². The number of rotatable bonds is 12. The monoisotopic (exact) mass is 301 g/mol. The molecule has 0 fully saturated rings. The van der Waals surface area contributed by atoms with Gasteiger partial charge in [-0.15, -0.1) is 0 Å². The molecule has 0 heterocycles. The fraction of sp³-hybridized carbons (Fsp3) is 0.733. The third-order valence-corrected chi connectivity index (χ3v) is 3.12. The molecule has 1 rings (SSSR count). The minimum Gasteiger partial charge on any atom is -0.396 e. The zero-order valence-electron chi connectivity index (χ0n) is 12.7. The quantitative estimate of drug-likeness (QED) is 0.443. The van der Waals surface area contributed by atoms with Gasteiger partial charge in [0, 0.05) is 31.9 Å². The summed E-state index contributed by atoms with van der Waals surface area (Å²) >= 11 is 0. The zero-order valence-corrected chi connectivity index (χ0v) is 12.7. The maximum Gasteiger partial charge on any atom is 0.0701 e. The second-order valence-electron chi connectivity index (χ2n) is 4.87.